The van der Waals surface area contributed by atoms with Gasteiger partial charge in [-0.25, -0.2) is 0 Å². The van der Waals surface area contributed by atoms with E-state index in [2.05, 4.69) is 30.6 Å². The van der Waals surface area contributed by atoms with Gasteiger partial charge in [-0.05, 0) is 52.3 Å². The van der Waals surface area contributed by atoms with Crippen LogP contribution in [-0.2, 0) is 9.53 Å². The van der Waals surface area contributed by atoms with Crippen LogP contribution >= 0.6 is 0 Å². The molecule has 0 heterocycles. The third-order valence-electron chi connectivity index (χ3n) is 3.53. The van der Waals surface area contributed by atoms with E-state index in [0.29, 0.717) is 5.75 Å². The van der Waals surface area contributed by atoms with Crippen molar-refractivity contribution in [2.24, 2.45) is 5.41 Å². The molecule has 0 aliphatic heterocycles. The van der Waals surface area contributed by atoms with Crippen LogP contribution in [0.15, 0.2) is 18.2 Å². The fraction of sp³-hybridized carbons (Fsp3) is 0.500. The van der Waals surface area contributed by atoms with Crippen LogP contribution in [-0.4, -0.2) is 13.1 Å². The van der Waals surface area contributed by atoms with Gasteiger partial charge < -0.3 is 9.47 Å². The van der Waals surface area contributed by atoms with E-state index in [0.717, 1.165) is 30.4 Å². The van der Waals surface area contributed by atoms with E-state index in [1.165, 1.54) is 0 Å². The van der Waals surface area contributed by atoms with Crippen LogP contribution in [0.25, 0.3) is 0 Å². The molecule has 0 spiro atoms. The summed E-state index contributed by atoms with van der Waals surface area (Å²) in [5.74, 6) is 12.6. The number of ether oxygens (including phenoxy) is 2. The minimum atomic E-state index is -0.665. The Morgan fingerprint density at radius 2 is 2.00 bits per heavy atom. The zero-order valence-electron chi connectivity index (χ0n) is 16.2. The molecule has 1 unspecified atom stereocenters. The molecule has 0 saturated heterocycles. The van der Waals surface area contributed by atoms with Gasteiger partial charge >= 0.3 is 5.97 Å². The first-order chi connectivity index (χ1) is 11.8. The molecule has 25 heavy (non-hydrogen) atoms. The molecule has 0 fully saturated rings. The van der Waals surface area contributed by atoms with Crippen LogP contribution in [0.1, 0.15) is 71.1 Å². The van der Waals surface area contributed by atoms with Crippen LogP contribution < -0.4 is 4.74 Å². The molecular weight excluding hydrogens is 312 g/mol. The van der Waals surface area contributed by atoms with Crippen LogP contribution in [0.5, 0.6) is 5.75 Å². The molecule has 0 N–H and O–H groups in total. The van der Waals surface area contributed by atoms with Crippen molar-refractivity contribution in [3.8, 4) is 29.4 Å². The lowest BCUT2D eigenvalue weighted by Gasteiger charge is -2.21. The minimum absolute atomic E-state index is 0.298. The third kappa shape index (κ3) is 6.55. The molecule has 0 aliphatic carbocycles. The van der Waals surface area contributed by atoms with Crippen molar-refractivity contribution in [2.75, 3.05) is 7.11 Å². The van der Waals surface area contributed by atoms with Crippen LogP contribution in [0.3, 0.4) is 0 Å². The van der Waals surface area contributed by atoms with Gasteiger partial charge in [0.1, 0.15) is 5.75 Å². The van der Waals surface area contributed by atoms with Gasteiger partial charge in [0, 0.05) is 17.5 Å². The Hall–Kier alpha value is -2.39. The monoisotopic (exact) mass is 340 g/mol. The zero-order chi connectivity index (χ0) is 18.9. The highest BCUT2D eigenvalue weighted by Gasteiger charge is 2.27. The Labute approximate surface area is 152 Å². The largest absolute Gasteiger partial charge is 0.497 e. The van der Waals surface area contributed by atoms with Crippen molar-refractivity contribution in [3.63, 3.8) is 0 Å². The van der Waals surface area contributed by atoms with Crippen LogP contribution in [0.4, 0.5) is 0 Å². The molecule has 1 atom stereocenters. The molecule has 0 aliphatic rings. The molecule has 1 rings (SSSR count). The van der Waals surface area contributed by atoms with E-state index in [1.807, 2.05) is 39.0 Å². The normalized spacial score (nSPS) is 11.4. The number of esters is 1. The number of hydrogen-bond donors (Lipinski definition) is 0. The molecule has 0 radical (unpaired) electrons. The summed E-state index contributed by atoms with van der Waals surface area (Å²) < 4.78 is 11.0. The number of benzene rings is 1. The van der Waals surface area contributed by atoms with Crippen molar-refractivity contribution >= 4 is 5.97 Å². The summed E-state index contributed by atoms with van der Waals surface area (Å²) in [4.78, 5) is 12.3. The van der Waals surface area contributed by atoms with Gasteiger partial charge in [-0.1, -0.05) is 31.1 Å². The van der Waals surface area contributed by atoms with E-state index >= 15 is 0 Å². The highest BCUT2D eigenvalue weighted by molar-refractivity contribution is 5.76. The second-order valence-corrected chi connectivity index (χ2v) is 6.79. The maximum atomic E-state index is 12.3. The number of hydrogen-bond acceptors (Lipinski definition) is 3. The Morgan fingerprint density at radius 1 is 1.28 bits per heavy atom. The molecule has 3 nitrogen and oxygen atoms in total. The van der Waals surface area contributed by atoms with Gasteiger partial charge in [-0.15, -0.1) is 5.92 Å². The minimum Gasteiger partial charge on any atom is -0.497 e. The van der Waals surface area contributed by atoms with Crippen molar-refractivity contribution in [3.05, 3.63) is 29.3 Å². The Morgan fingerprint density at radius 3 is 2.56 bits per heavy atom. The van der Waals surface area contributed by atoms with E-state index in [1.54, 1.807) is 14.0 Å². The number of methoxy groups -OCH3 is 1. The molecule has 3 heteroatoms. The van der Waals surface area contributed by atoms with Gasteiger partial charge in [0.05, 0.1) is 12.5 Å². The van der Waals surface area contributed by atoms with Gasteiger partial charge in [-0.2, -0.15) is 0 Å². The number of carbonyl (C=O) groups excluding carboxylic acids is 1. The topological polar surface area (TPSA) is 35.5 Å². The molecule has 134 valence electrons. The number of rotatable bonds is 5. The zero-order valence-corrected chi connectivity index (χ0v) is 16.2. The Kier molecular flexibility index (Phi) is 8.09. The van der Waals surface area contributed by atoms with Crippen LogP contribution in [0.2, 0.25) is 0 Å². The molecule has 0 amide bonds. The van der Waals surface area contributed by atoms with Gasteiger partial charge in [-0.3, -0.25) is 4.79 Å². The lowest BCUT2D eigenvalue weighted by molar-refractivity contribution is -0.156. The maximum Gasteiger partial charge on any atom is 0.312 e. The standard InChI is InChI=1S/C22H28O3/c1-7-9-10-11-13-17-14-15-18(24-6)16-19(17)20(12-8-2)25-21(23)22(3,4)5/h14-16,20H,7,9-10H2,1-6H3. The molecule has 0 aromatic heterocycles. The predicted molar refractivity (Wildman–Crippen MR) is 101 cm³/mol. The first-order valence-electron chi connectivity index (χ1n) is 8.63. The van der Waals surface area contributed by atoms with Crippen molar-refractivity contribution < 1.29 is 14.3 Å². The maximum absolute atomic E-state index is 12.3. The summed E-state index contributed by atoms with van der Waals surface area (Å²) in [6.45, 7) is 9.33. The van der Waals surface area contributed by atoms with E-state index in [-0.39, 0.29) is 5.97 Å². The lowest BCUT2D eigenvalue weighted by Crippen LogP contribution is -2.25. The average Bonchev–Trinajstić information content (AvgIpc) is 2.57. The fourth-order valence-electron chi connectivity index (χ4n) is 2.01. The van der Waals surface area contributed by atoms with Crippen molar-refractivity contribution in [1.82, 2.24) is 0 Å². The summed E-state index contributed by atoms with van der Waals surface area (Å²) >= 11 is 0. The van der Waals surface area contributed by atoms with Crippen LogP contribution in [0, 0.1) is 29.1 Å². The van der Waals surface area contributed by atoms with E-state index < -0.39 is 11.5 Å². The summed E-state index contributed by atoms with van der Waals surface area (Å²) in [6.07, 6.45) is 2.35. The molecule has 1 aromatic carbocycles. The quantitative estimate of drug-likeness (QED) is 0.435. The Balaban J connectivity index is 3.27. The first-order valence-corrected chi connectivity index (χ1v) is 8.63. The summed E-state index contributed by atoms with van der Waals surface area (Å²) in [6, 6.07) is 5.59. The van der Waals surface area contributed by atoms with Gasteiger partial charge in [0.2, 0.25) is 0 Å². The molecule has 1 aromatic rings. The third-order valence-corrected chi connectivity index (χ3v) is 3.53. The molecule has 0 saturated carbocycles. The first kappa shape index (κ1) is 20.7. The second kappa shape index (κ2) is 9.80. The average molecular weight is 340 g/mol. The Bertz CT molecular complexity index is 703. The second-order valence-electron chi connectivity index (χ2n) is 6.79. The SMILES string of the molecule is CC#CC(OC(=O)C(C)(C)C)c1cc(OC)ccc1C#CCCCC. The molecule has 0 bridgehead atoms. The summed E-state index contributed by atoms with van der Waals surface area (Å²) in [5.41, 5.74) is 0.973. The van der Waals surface area contributed by atoms with Gasteiger partial charge in [0.15, 0.2) is 6.10 Å². The lowest BCUT2D eigenvalue weighted by atomic mass is 9.96. The number of unbranched alkanes of at least 4 members (excludes halogenated alkanes) is 2. The summed E-state index contributed by atoms with van der Waals surface area (Å²) in [7, 11) is 1.60. The fourth-order valence-corrected chi connectivity index (χ4v) is 2.01. The number of carbonyl (C=O) groups is 1. The van der Waals surface area contributed by atoms with Crippen molar-refractivity contribution in [2.45, 2.75) is 60.0 Å². The van der Waals surface area contributed by atoms with E-state index in [9.17, 15) is 4.79 Å². The van der Waals surface area contributed by atoms with E-state index in [4.69, 9.17) is 9.47 Å². The highest BCUT2D eigenvalue weighted by atomic mass is 16.5. The summed E-state index contributed by atoms with van der Waals surface area (Å²) in [5, 5.41) is 0. The highest BCUT2D eigenvalue weighted by Crippen LogP contribution is 2.28. The molecular formula is C22H28O3. The van der Waals surface area contributed by atoms with Gasteiger partial charge in [0.25, 0.3) is 0 Å². The van der Waals surface area contributed by atoms with Crippen molar-refractivity contribution in [1.29, 1.82) is 0 Å². The predicted octanol–water partition coefficient (Wildman–Crippen LogP) is 4.89. The smallest absolute Gasteiger partial charge is 0.312 e.